The highest BCUT2D eigenvalue weighted by Crippen LogP contribution is 2.27. The molecule has 0 fully saturated rings. The van der Waals surface area contributed by atoms with Crippen LogP contribution in [0, 0.1) is 17.0 Å². The zero-order chi connectivity index (χ0) is 15.4. The Bertz CT molecular complexity index is 684. The van der Waals surface area contributed by atoms with Crippen molar-refractivity contribution in [3.8, 4) is 0 Å². The minimum absolute atomic E-state index is 0.0149. The van der Waals surface area contributed by atoms with E-state index in [0.717, 1.165) is 11.3 Å². The number of anilines is 2. The van der Waals surface area contributed by atoms with Gasteiger partial charge in [0.05, 0.1) is 17.2 Å². The number of nitrogens with one attached hydrogen (secondary N) is 1. The number of esters is 1. The second kappa shape index (κ2) is 6.31. The molecule has 1 aromatic carbocycles. The van der Waals surface area contributed by atoms with Gasteiger partial charge >= 0.3 is 5.97 Å². The lowest BCUT2D eigenvalue weighted by atomic mass is 10.3. The molecule has 0 aliphatic heterocycles. The topological polar surface area (TPSA) is 94.4 Å². The van der Waals surface area contributed by atoms with Crippen LogP contribution >= 0.6 is 11.3 Å². The molecule has 0 aliphatic carbocycles. The zero-order valence-electron chi connectivity index (χ0n) is 11.5. The summed E-state index contributed by atoms with van der Waals surface area (Å²) >= 11 is 1.15. The van der Waals surface area contributed by atoms with Crippen LogP contribution in [0.4, 0.5) is 16.5 Å². The van der Waals surface area contributed by atoms with Crippen molar-refractivity contribution in [2.24, 2.45) is 0 Å². The van der Waals surface area contributed by atoms with Crippen LogP contribution in [0.2, 0.25) is 0 Å². The van der Waals surface area contributed by atoms with E-state index in [1.165, 1.54) is 12.1 Å². The number of aromatic nitrogens is 1. The SMILES string of the molecule is CCOC(=O)c1sc(Nc2cccc([N+](=O)[O-])c2)nc1C. The molecule has 1 heterocycles. The summed E-state index contributed by atoms with van der Waals surface area (Å²) in [5.41, 5.74) is 1.08. The Kier molecular flexibility index (Phi) is 4.49. The first-order valence-electron chi connectivity index (χ1n) is 6.17. The molecule has 0 saturated carbocycles. The number of carbonyl (C=O) groups is 1. The Balaban J connectivity index is 2.20. The molecule has 21 heavy (non-hydrogen) atoms. The molecular weight excluding hydrogens is 294 g/mol. The predicted molar refractivity (Wildman–Crippen MR) is 79.2 cm³/mol. The molecular formula is C13H13N3O4S. The summed E-state index contributed by atoms with van der Waals surface area (Å²) < 4.78 is 4.94. The van der Waals surface area contributed by atoms with Crippen molar-refractivity contribution < 1.29 is 14.5 Å². The van der Waals surface area contributed by atoms with E-state index < -0.39 is 10.9 Å². The van der Waals surface area contributed by atoms with Gasteiger partial charge in [0.1, 0.15) is 4.88 Å². The molecule has 0 atom stereocenters. The highest BCUT2D eigenvalue weighted by Gasteiger charge is 2.16. The molecule has 0 spiro atoms. The molecule has 8 heteroatoms. The normalized spacial score (nSPS) is 10.2. The molecule has 0 aliphatic rings. The maximum atomic E-state index is 11.7. The van der Waals surface area contributed by atoms with Gasteiger partial charge in [-0.05, 0) is 19.9 Å². The summed E-state index contributed by atoms with van der Waals surface area (Å²) in [5.74, 6) is -0.417. The van der Waals surface area contributed by atoms with Crippen molar-refractivity contribution in [3.05, 3.63) is 45.0 Å². The van der Waals surface area contributed by atoms with Crippen molar-refractivity contribution in [2.45, 2.75) is 13.8 Å². The average molecular weight is 307 g/mol. The van der Waals surface area contributed by atoms with E-state index >= 15 is 0 Å². The molecule has 110 valence electrons. The molecule has 0 amide bonds. The summed E-state index contributed by atoms with van der Waals surface area (Å²) in [4.78, 5) is 26.6. The second-order valence-corrected chi connectivity index (χ2v) is 5.09. The number of thiazole rings is 1. The van der Waals surface area contributed by atoms with Crippen molar-refractivity contribution >= 4 is 33.8 Å². The lowest BCUT2D eigenvalue weighted by molar-refractivity contribution is -0.384. The largest absolute Gasteiger partial charge is 0.462 e. The van der Waals surface area contributed by atoms with Crippen molar-refractivity contribution in [2.75, 3.05) is 11.9 Å². The third kappa shape index (κ3) is 3.54. The maximum absolute atomic E-state index is 11.7. The van der Waals surface area contributed by atoms with Crippen LogP contribution in [0.15, 0.2) is 24.3 Å². The Morgan fingerprint density at radius 3 is 2.95 bits per heavy atom. The molecule has 0 unspecified atom stereocenters. The number of nitrogens with zero attached hydrogens (tertiary/aromatic N) is 2. The Morgan fingerprint density at radius 2 is 2.29 bits per heavy atom. The van der Waals surface area contributed by atoms with E-state index in [0.29, 0.717) is 28.0 Å². The fourth-order valence-corrected chi connectivity index (χ4v) is 2.54. The van der Waals surface area contributed by atoms with Gasteiger partial charge in [-0.15, -0.1) is 0 Å². The highest BCUT2D eigenvalue weighted by molar-refractivity contribution is 7.17. The number of hydrogen-bond acceptors (Lipinski definition) is 7. The first-order chi connectivity index (χ1) is 10.0. The summed E-state index contributed by atoms with van der Waals surface area (Å²) in [7, 11) is 0. The zero-order valence-corrected chi connectivity index (χ0v) is 12.3. The van der Waals surface area contributed by atoms with Gasteiger partial charge in [-0.2, -0.15) is 0 Å². The number of benzene rings is 1. The van der Waals surface area contributed by atoms with E-state index in [2.05, 4.69) is 10.3 Å². The van der Waals surface area contributed by atoms with Gasteiger partial charge in [-0.1, -0.05) is 17.4 Å². The van der Waals surface area contributed by atoms with Gasteiger partial charge in [-0.3, -0.25) is 10.1 Å². The van der Waals surface area contributed by atoms with E-state index in [-0.39, 0.29) is 5.69 Å². The van der Waals surface area contributed by atoms with Crippen LogP contribution in [-0.4, -0.2) is 22.5 Å². The van der Waals surface area contributed by atoms with E-state index in [1.54, 1.807) is 26.0 Å². The molecule has 0 bridgehead atoms. The van der Waals surface area contributed by atoms with E-state index in [9.17, 15) is 14.9 Å². The fourth-order valence-electron chi connectivity index (χ4n) is 1.66. The van der Waals surface area contributed by atoms with Crippen LogP contribution < -0.4 is 5.32 Å². The number of carbonyl (C=O) groups excluding carboxylic acids is 1. The van der Waals surface area contributed by atoms with Crippen molar-refractivity contribution in [1.29, 1.82) is 0 Å². The summed E-state index contributed by atoms with van der Waals surface area (Å²) in [6.45, 7) is 3.74. The second-order valence-electron chi connectivity index (χ2n) is 4.09. The quantitative estimate of drug-likeness (QED) is 0.517. The van der Waals surface area contributed by atoms with Gasteiger partial charge < -0.3 is 10.1 Å². The van der Waals surface area contributed by atoms with Gasteiger partial charge in [0.25, 0.3) is 5.69 Å². The van der Waals surface area contributed by atoms with Crippen LogP contribution in [0.5, 0.6) is 0 Å². The third-order valence-corrected chi connectivity index (χ3v) is 3.62. The van der Waals surface area contributed by atoms with Gasteiger partial charge in [-0.25, -0.2) is 9.78 Å². The van der Waals surface area contributed by atoms with Crippen LogP contribution in [-0.2, 0) is 4.74 Å². The first kappa shape index (κ1) is 14.9. The van der Waals surface area contributed by atoms with Crippen LogP contribution in [0.3, 0.4) is 0 Å². The van der Waals surface area contributed by atoms with Crippen molar-refractivity contribution in [3.63, 3.8) is 0 Å². The van der Waals surface area contributed by atoms with Gasteiger partial charge in [0.2, 0.25) is 0 Å². The summed E-state index contributed by atoms with van der Waals surface area (Å²) in [6.07, 6.45) is 0. The first-order valence-corrected chi connectivity index (χ1v) is 6.99. The van der Waals surface area contributed by atoms with Crippen molar-refractivity contribution in [1.82, 2.24) is 4.98 Å². The number of rotatable bonds is 5. The molecule has 2 rings (SSSR count). The molecule has 1 N–H and O–H groups in total. The van der Waals surface area contributed by atoms with Crippen LogP contribution in [0.25, 0.3) is 0 Å². The molecule has 7 nitrogen and oxygen atoms in total. The third-order valence-electron chi connectivity index (χ3n) is 2.57. The summed E-state index contributed by atoms with van der Waals surface area (Å²) in [5, 5.41) is 14.2. The molecule has 1 aromatic heterocycles. The predicted octanol–water partition coefficient (Wildman–Crippen LogP) is 3.28. The Hall–Kier alpha value is -2.48. The smallest absolute Gasteiger partial charge is 0.350 e. The minimum atomic E-state index is -0.470. The van der Waals surface area contributed by atoms with E-state index in [1.807, 2.05) is 0 Å². The highest BCUT2D eigenvalue weighted by atomic mass is 32.1. The molecule has 0 saturated heterocycles. The van der Waals surface area contributed by atoms with Gasteiger partial charge in [0, 0.05) is 17.8 Å². The Morgan fingerprint density at radius 1 is 1.52 bits per heavy atom. The van der Waals surface area contributed by atoms with Gasteiger partial charge in [0.15, 0.2) is 5.13 Å². The summed E-state index contributed by atoms with van der Waals surface area (Å²) in [6, 6.07) is 6.07. The fraction of sp³-hybridized carbons (Fsp3) is 0.231. The monoisotopic (exact) mass is 307 g/mol. The lowest BCUT2D eigenvalue weighted by Gasteiger charge is -2.01. The Labute approximate surface area is 124 Å². The number of nitro groups is 1. The number of non-ortho nitro benzene ring substituents is 1. The maximum Gasteiger partial charge on any atom is 0.350 e. The number of ether oxygens (including phenoxy) is 1. The van der Waals surface area contributed by atoms with E-state index in [4.69, 9.17) is 4.74 Å². The molecule has 0 radical (unpaired) electrons. The number of nitro benzene ring substituents is 1. The minimum Gasteiger partial charge on any atom is -0.462 e. The average Bonchev–Trinajstić information content (AvgIpc) is 2.80. The van der Waals surface area contributed by atoms with Crippen LogP contribution in [0.1, 0.15) is 22.3 Å². The number of hydrogen-bond donors (Lipinski definition) is 1. The molecule has 2 aromatic rings. The number of aryl methyl sites for hydroxylation is 1. The standard InChI is InChI=1S/C13H13N3O4S/c1-3-20-12(17)11-8(2)14-13(21-11)15-9-5-4-6-10(7-9)16(18)19/h4-7H,3H2,1-2H3,(H,14,15). The lowest BCUT2D eigenvalue weighted by Crippen LogP contribution is -2.03.